The van der Waals surface area contributed by atoms with Crippen LogP contribution in [0.25, 0.3) is 0 Å². The standard InChI is InChI=1S/C10H14N4O2S2/c1-7-5-9(12-14(7)2)13-18(15,16)10-4-3-8(6-11)17-10/h3-5H,6,11H2,1-2H3,(H,12,13). The fraction of sp³-hybridized carbons (Fsp3) is 0.300. The Balaban J connectivity index is 2.26. The summed E-state index contributed by atoms with van der Waals surface area (Å²) in [6, 6.07) is 4.93. The molecule has 0 bridgehead atoms. The number of nitrogens with two attached hydrogens (primary N) is 1. The van der Waals surface area contributed by atoms with Crippen molar-refractivity contribution >= 4 is 27.2 Å². The second-order valence-electron chi connectivity index (χ2n) is 3.82. The summed E-state index contributed by atoms with van der Waals surface area (Å²) in [5, 5.41) is 4.05. The lowest BCUT2D eigenvalue weighted by molar-refractivity contribution is 0.602. The van der Waals surface area contributed by atoms with E-state index >= 15 is 0 Å². The van der Waals surface area contributed by atoms with Crippen LogP contribution in [0.15, 0.2) is 22.4 Å². The molecule has 0 radical (unpaired) electrons. The third-order valence-electron chi connectivity index (χ3n) is 2.46. The highest BCUT2D eigenvalue weighted by molar-refractivity contribution is 7.94. The minimum absolute atomic E-state index is 0.242. The number of rotatable bonds is 4. The second-order valence-corrected chi connectivity index (χ2v) is 6.90. The lowest BCUT2D eigenvalue weighted by Crippen LogP contribution is -2.12. The van der Waals surface area contributed by atoms with Crippen molar-refractivity contribution in [2.75, 3.05) is 4.72 Å². The summed E-state index contributed by atoms with van der Waals surface area (Å²) < 4.78 is 28.4. The Morgan fingerprint density at radius 2 is 2.22 bits per heavy atom. The fourth-order valence-corrected chi connectivity index (χ4v) is 3.63. The first-order valence-electron chi connectivity index (χ1n) is 5.24. The van der Waals surface area contributed by atoms with Gasteiger partial charge < -0.3 is 5.73 Å². The highest BCUT2D eigenvalue weighted by Gasteiger charge is 2.18. The molecule has 0 fully saturated rings. The molecule has 8 heteroatoms. The van der Waals surface area contributed by atoms with E-state index in [0.29, 0.717) is 12.4 Å². The van der Waals surface area contributed by atoms with Gasteiger partial charge >= 0.3 is 0 Å². The van der Waals surface area contributed by atoms with Crippen LogP contribution in [0, 0.1) is 6.92 Å². The molecule has 0 aliphatic heterocycles. The largest absolute Gasteiger partial charge is 0.326 e. The number of aryl methyl sites for hydroxylation is 2. The van der Waals surface area contributed by atoms with Crippen molar-refractivity contribution < 1.29 is 8.42 Å². The molecule has 0 spiro atoms. The van der Waals surface area contributed by atoms with E-state index in [0.717, 1.165) is 21.9 Å². The van der Waals surface area contributed by atoms with Crippen LogP contribution in [0.2, 0.25) is 0 Å². The average molecular weight is 286 g/mol. The van der Waals surface area contributed by atoms with Crippen molar-refractivity contribution in [1.82, 2.24) is 9.78 Å². The molecule has 2 aromatic rings. The number of hydrogen-bond acceptors (Lipinski definition) is 5. The third-order valence-corrected chi connectivity index (χ3v) is 5.41. The van der Waals surface area contributed by atoms with Crippen molar-refractivity contribution in [3.8, 4) is 0 Å². The molecule has 3 N–H and O–H groups in total. The van der Waals surface area contributed by atoms with Crippen LogP contribution >= 0.6 is 11.3 Å². The van der Waals surface area contributed by atoms with E-state index in [-0.39, 0.29) is 4.21 Å². The molecule has 18 heavy (non-hydrogen) atoms. The maximum Gasteiger partial charge on any atom is 0.272 e. The number of thiophene rings is 1. The van der Waals surface area contributed by atoms with Crippen molar-refractivity contribution in [3.63, 3.8) is 0 Å². The summed E-state index contributed by atoms with van der Waals surface area (Å²) in [7, 11) is -1.81. The second kappa shape index (κ2) is 4.71. The molecule has 2 aromatic heterocycles. The topological polar surface area (TPSA) is 90.0 Å². The Morgan fingerprint density at radius 3 is 2.72 bits per heavy atom. The van der Waals surface area contributed by atoms with E-state index in [4.69, 9.17) is 5.73 Å². The minimum atomic E-state index is -3.57. The van der Waals surface area contributed by atoms with Gasteiger partial charge in [-0.1, -0.05) is 0 Å². The average Bonchev–Trinajstić information content (AvgIpc) is 2.86. The van der Waals surface area contributed by atoms with Crippen LogP contribution in [0.5, 0.6) is 0 Å². The number of hydrogen-bond donors (Lipinski definition) is 2. The summed E-state index contributed by atoms with van der Waals surface area (Å²) >= 11 is 1.16. The van der Waals surface area contributed by atoms with Gasteiger partial charge in [0.05, 0.1) is 0 Å². The predicted octanol–water partition coefficient (Wildman–Crippen LogP) is 1.05. The van der Waals surface area contributed by atoms with E-state index in [1.807, 2.05) is 6.92 Å². The maximum absolute atomic E-state index is 12.1. The van der Waals surface area contributed by atoms with E-state index in [9.17, 15) is 8.42 Å². The monoisotopic (exact) mass is 286 g/mol. The van der Waals surface area contributed by atoms with Gasteiger partial charge in [-0.05, 0) is 19.1 Å². The molecule has 2 heterocycles. The van der Waals surface area contributed by atoms with Crippen LogP contribution in [0.1, 0.15) is 10.6 Å². The molecule has 0 aromatic carbocycles. The first-order valence-corrected chi connectivity index (χ1v) is 7.54. The van der Waals surface area contributed by atoms with Crippen molar-refractivity contribution in [2.24, 2.45) is 12.8 Å². The van der Waals surface area contributed by atoms with Gasteiger partial charge in [0.1, 0.15) is 4.21 Å². The molecular formula is C10H14N4O2S2. The molecule has 6 nitrogen and oxygen atoms in total. The maximum atomic E-state index is 12.1. The Labute approximate surface area is 109 Å². The summed E-state index contributed by atoms with van der Waals surface area (Å²) in [6.45, 7) is 2.19. The smallest absolute Gasteiger partial charge is 0.272 e. The molecule has 0 atom stereocenters. The zero-order valence-electron chi connectivity index (χ0n) is 10.0. The number of nitrogens with one attached hydrogen (secondary N) is 1. The highest BCUT2D eigenvalue weighted by atomic mass is 32.2. The van der Waals surface area contributed by atoms with E-state index < -0.39 is 10.0 Å². The van der Waals surface area contributed by atoms with Crippen LogP contribution in [-0.2, 0) is 23.6 Å². The number of nitrogens with zero attached hydrogens (tertiary/aromatic N) is 2. The molecule has 0 saturated heterocycles. The lowest BCUT2D eigenvalue weighted by atomic mass is 10.5. The third kappa shape index (κ3) is 2.55. The molecule has 0 aliphatic rings. The van der Waals surface area contributed by atoms with Crippen LogP contribution < -0.4 is 10.5 Å². The first kappa shape index (κ1) is 13.1. The first-order chi connectivity index (χ1) is 8.42. The number of sulfonamides is 1. The molecule has 98 valence electrons. The summed E-state index contributed by atoms with van der Waals surface area (Å²) in [5.41, 5.74) is 6.34. The van der Waals surface area contributed by atoms with Gasteiger partial charge in [-0.3, -0.25) is 9.40 Å². The van der Waals surface area contributed by atoms with Gasteiger partial charge in [-0.2, -0.15) is 5.10 Å². The fourth-order valence-electron chi connectivity index (χ4n) is 1.41. The van der Waals surface area contributed by atoms with Gasteiger partial charge in [0.25, 0.3) is 10.0 Å². The number of aromatic nitrogens is 2. The van der Waals surface area contributed by atoms with Crippen molar-refractivity contribution in [3.05, 3.63) is 28.8 Å². The lowest BCUT2D eigenvalue weighted by Gasteiger charge is -2.01. The summed E-state index contributed by atoms with van der Waals surface area (Å²) in [4.78, 5) is 0.826. The zero-order valence-corrected chi connectivity index (χ0v) is 11.7. The molecule has 0 saturated carbocycles. The normalized spacial score (nSPS) is 11.7. The Morgan fingerprint density at radius 1 is 1.50 bits per heavy atom. The molecule has 2 rings (SSSR count). The van der Waals surface area contributed by atoms with Crippen LogP contribution in [0.3, 0.4) is 0 Å². The Hall–Kier alpha value is -1.38. The molecule has 0 unspecified atom stereocenters. The zero-order chi connectivity index (χ0) is 13.3. The minimum Gasteiger partial charge on any atom is -0.326 e. The van der Waals surface area contributed by atoms with Gasteiger partial charge in [0.15, 0.2) is 5.82 Å². The van der Waals surface area contributed by atoms with E-state index in [1.165, 1.54) is 0 Å². The van der Waals surface area contributed by atoms with Gasteiger partial charge in [0, 0.05) is 30.2 Å². The van der Waals surface area contributed by atoms with E-state index in [1.54, 1.807) is 29.9 Å². The molecule has 0 aliphatic carbocycles. The van der Waals surface area contributed by atoms with Crippen LogP contribution in [-0.4, -0.2) is 18.2 Å². The molecular weight excluding hydrogens is 272 g/mol. The quantitative estimate of drug-likeness (QED) is 0.879. The molecule has 0 amide bonds. The van der Waals surface area contributed by atoms with Gasteiger partial charge in [-0.15, -0.1) is 11.3 Å². The number of anilines is 1. The summed E-state index contributed by atoms with van der Waals surface area (Å²) in [5.74, 6) is 0.317. The highest BCUT2D eigenvalue weighted by Crippen LogP contribution is 2.23. The SMILES string of the molecule is Cc1cc(NS(=O)(=O)c2ccc(CN)s2)nn1C. The Kier molecular flexibility index (Phi) is 3.42. The van der Waals surface area contributed by atoms with Crippen molar-refractivity contribution in [1.29, 1.82) is 0 Å². The Bertz CT molecular complexity index is 638. The van der Waals surface area contributed by atoms with Gasteiger partial charge in [-0.25, -0.2) is 8.42 Å². The van der Waals surface area contributed by atoms with Gasteiger partial charge in [0.2, 0.25) is 0 Å². The summed E-state index contributed by atoms with van der Waals surface area (Å²) in [6.07, 6.45) is 0. The van der Waals surface area contributed by atoms with Crippen LogP contribution in [0.4, 0.5) is 5.82 Å². The van der Waals surface area contributed by atoms with E-state index in [2.05, 4.69) is 9.82 Å². The van der Waals surface area contributed by atoms with Crippen molar-refractivity contribution in [2.45, 2.75) is 17.7 Å². The predicted molar refractivity (Wildman–Crippen MR) is 71.0 cm³/mol.